The summed E-state index contributed by atoms with van der Waals surface area (Å²) >= 11 is 6.12. The second-order valence-electron chi connectivity index (χ2n) is 9.36. The van der Waals surface area contributed by atoms with Gasteiger partial charge in [-0.05, 0) is 44.5 Å². The van der Waals surface area contributed by atoms with Crippen molar-refractivity contribution in [2.75, 3.05) is 18.5 Å². The largest absolute Gasteiger partial charge is 0.455 e. The first-order chi connectivity index (χ1) is 18.3. The number of aromatic nitrogens is 5. The lowest BCUT2D eigenvalue weighted by atomic mass is 9.99. The van der Waals surface area contributed by atoms with E-state index >= 15 is 0 Å². The van der Waals surface area contributed by atoms with Crippen molar-refractivity contribution >= 4 is 28.3 Å². The molecule has 1 aliphatic heterocycles. The highest BCUT2D eigenvalue weighted by molar-refractivity contribution is 6.29. The van der Waals surface area contributed by atoms with Crippen molar-refractivity contribution in [1.82, 2.24) is 24.9 Å². The number of nitrogens with zero attached hydrogens (tertiary/aromatic N) is 4. The van der Waals surface area contributed by atoms with Gasteiger partial charge in [0, 0.05) is 17.3 Å². The quantitative estimate of drug-likeness (QED) is 0.303. The zero-order chi connectivity index (χ0) is 26.6. The topological polar surface area (TPSA) is 141 Å². The first-order valence-electron chi connectivity index (χ1n) is 12.0. The third-order valence-electron chi connectivity index (χ3n) is 6.61. The Bertz CT molecular complexity index is 1800. The highest BCUT2D eigenvalue weighted by atomic mass is 35.5. The van der Waals surface area contributed by atoms with Crippen LogP contribution < -0.4 is 16.5 Å². The second-order valence-corrected chi connectivity index (χ2v) is 9.74. The van der Waals surface area contributed by atoms with Gasteiger partial charge in [0.1, 0.15) is 22.2 Å². The molecule has 38 heavy (non-hydrogen) atoms. The average Bonchev–Trinajstić information content (AvgIpc) is 3.50. The summed E-state index contributed by atoms with van der Waals surface area (Å²) in [6.07, 6.45) is 3.58. The van der Waals surface area contributed by atoms with E-state index in [-0.39, 0.29) is 28.5 Å². The van der Waals surface area contributed by atoms with E-state index in [1.54, 1.807) is 25.3 Å². The predicted molar refractivity (Wildman–Crippen MR) is 140 cm³/mol. The number of H-pyrrole nitrogens is 1. The number of pyridine rings is 1. The van der Waals surface area contributed by atoms with Crippen molar-refractivity contribution < 1.29 is 13.7 Å². The average molecular weight is 535 g/mol. The molecule has 0 bridgehead atoms. The normalized spacial score (nSPS) is 14.5. The van der Waals surface area contributed by atoms with Crippen molar-refractivity contribution in [2.45, 2.75) is 32.9 Å². The van der Waals surface area contributed by atoms with Crippen LogP contribution in [0.2, 0.25) is 5.15 Å². The van der Waals surface area contributed by atoms with Crippen LogP contribution in [0.15, 0.2) is 55.2 Å². The van der Waals surface area contributed by atoms with Crippen LogP contribution in [0.3, 0.4) is 0 Å². The Morgan fingerprint density at radius 2 is 2.03 bits per heavy atom. The molecule has 0 spiro atoms. The summed E-state index contributed by atoms with van der Waals surface area (Å²) in [6.45, 7) is 6.85. The summed E-state index contributed by atoms with van der Waals surface area (Å²) < 4.78 is 18.2. The lowest BCUT2D eigenvalue weighted by Gasteiger charge is -2.25. The molecule has 2 N–H and O–H groups in total. The van der Waals surface area contributed by atoms with Crippen molar-refractivity contribution in [3.63, 3.8) is 0 Å². The first-order valence-corrected chi connectivity index (χ1v) is 12.4. The van der Waals surface area contributed by atoms with E-state index in [9.17, 15) is 9.59 Å². The van der Waals surface area contributed by atoms with Gasteiger partial charge in [-0.3, -0.25) is 19.0 Å². The van der Waals surface area contributed by atoms with E-state index < -0.39 is 5.76 Å². The third kappa shape index (κ3) is 4.19. The van der Waals surface area contributed by atoms with E-state index in [4.69, 9.17) is 20.8 Å². The standard InChI is InChI=1S/C26H23ClN6O5/c1-12-6-17(14(3)29-19-4-5-20(27)30-21(19)25-31-26(35)38-32-25)24-18(7-12)22(34)13(2)23(37-24)15-8-28-33(9-15)16-10-36-11-16/h4-9,14,16,29H,10-11H2,1-3H3,(H,31,32,35). The van der Waals surface area contributed by atoms with Crippen LogP contribution in [0.5, 0.6) is 0 Å². The van der Waals surface area contributed by atoms with Crippen LogP contribution in [0.25, 0.3) is 33.8 Å². The molecule has 0 saturated carbocycles. The van der Waals surface area contributed by atoms with Crippen LogP contribution in [0.1, 0.15) is 35.7 Å². The van der Waals surface area contributed by atoms with Gasteiger partial charge in [-0.25, -0.2) is 9.78 Å². The molecule has 0 radical (unpaired) electrons. The van der Waals surface area contributed by atoms with E-state index in [2.05, 4.69) is 30.1 Å². The highest BCUT2D eigenvalue weighted by Gasteiger charge is 2.24. The number of anilines is 1. The van der Waals surface area contributed by atoms with Crippen LogP contribution in [0, 0.1) is 13.8 Å². The lowest BCUT2D eigenvalue weighted by Crippen LogP contribution is -2.30. The van der Waals surface area contributed by atoms with Crippen LogP contribution in [-0.4, -0.2) is 38.1 Å². The number of nitrogens with one attached hydrogen (secondary N) is 2. The molecule has 1 aromatic carbocycles. The second kappa shape index (κ2) is 9.26. The van der Waals surface area contributed by atoms with Gasteiger partial charge in [-0.15, -0.1) is 0 Å². The van der Waals surface area contributed by atoms with Gasteiger partial charge in [0.25, 0.3) is 0 Å². The molecule has 11 nitrogen and oxygen atoms in total. The van der Waals surface area contributed by atoms with E-state index in [0.29, 0.717) is 46.9 Å². The Balaban J connectivity index is 1.44. The zero-order valence-electron chi connectivity index (χ0n) is 20.7. The Hall–Kier alpha value is -4.22. The van der Waals surface area contributed by atoms with Crippen LogP contribution >= 0.6 is 11.6 Å². The van der Waals surface area contributed by atoms with Crippen LogP contribution in [0.4, 0.5) is 5.69 Å². The Morgan fingerprint density at radius 1 is 1.21 bits per heavy atom. The summed E-state index contributed by atoms with van der Waals surface area (Å²) in [6, 6.07) is 7.00. The zero-order valence-corrected chi connectivity index (χ0v) is 21.5. The summed E-state index contributed by atoms with van der Waals surface area (Å²) in [5.41, 5.74) is 4.16. The van der Waals surface area contributed by atoms with Gasteiger partial charge in [-0.1, -0.05) is 22.8 Å². The van der Waals surface area contributed by atoms with E-state index in [1.807, 2.05) is 36.9 Å². The van der Waals surface area contributed by atoms with Gasteiger partial charge in [-0.2, -0.15) is 5.10 Å². The summed E-state index contributed by atoms with van der Waals surface area (Å²) in [7, 11) is 0. The number of aromatic amines is 1. The maximum atomic E-state index is 13.5. The number of hydrogen-bond acceptors (Lipinski definition) is 9. The SMILES string of the molecule is Cc1cc(C(C)Nc2ccc(Cl)nc2-c2noc(=O)[nH]2)c2oc(-c3cnn(C4COC4)c3)c(C)c(=O)c2c1. The summed E-state index contributed by atoms with van der Waals surface area (Å²) in [5.74, 6) is -0.0942. The minimum Gasteiger partial charge on any atom is -0.455 e. The minimum absolute atomic E-state index is 0.104. The molecule has 5 aromatic rings. The Morgan fingerprint density at radius 3 is 2.74 bits per heavy atom. The number of aryl methyl sites for hydroxylation is 1. The van der Waals surface area contributed by atoms with Crippen molar-refractivity contribution in [2.24, 2.45) is 0 Å². The number of halogens is 1. The molecule has 0 aliphatic carbocycles. The molecule has 194 valence electrons. The summed E-state index contributed by atoms with van der Waals surface area (Å²) in [5, 5.41) is 12.3. The number of hydrogen-bond donors (Lipinski definition) is 2. The Kier molecular flexibility index (Phi) is 5.88. The Labute approximate surface area is 220 Å². The molecule has 1 fully saturated rings. The number of benzene rings is 1. The molecule has 1 atom stereocenters. The van der Waals surface area contributed by atoms with E-state index in [1.165, 1.54) is 0 Å². The molecule has 6 rings (SSSR count). The van der Waals surface area contributed by atoms with Crippen LogP contribution in [-0.2, 0) is 4.74 Å². The van der Waals surface area contributed by atoms with E-state index in [0.717, 1.165) is 16.7 Å². The molecule has 5 heterocycles. The lowest BCUT2D eigenvalue weighted by molar-refractivity contribution is -0.0286. The summed E-state index contributed by atoms with van der Waals surface area (Å²) in [4.78, 5) is 31.8. The van der Waals surface area contributed by atoms with Crippen molar-refractivity contribution in [3.8, 4) is 22.8 Å². The molecule has 1 saturated heterocycles. The van der Waals surface area contributed by atoms with Crippen molar-refractivity contribution in [1.29, 1.82) is 0 Å². The molecule has 0 amide bonds. The number of ether oxygens (including phenoxy) is 1. The minimum atomic E-state index is -0.705. The van der Waals surface area contributed by atoms with Gasteiger partial charge in [0.15, 0.2) is 5.43 Å². The van der Waals surface area contributed by atoms with Gasteiger partial charge in [0.2, 0.25) is 5.82 Å². The fourth-order valence-corrected chi connectivity index (χ4v) is 4.72. The van der Waals surface area contributed by atoms with Crippen molar-refractivity contribution in [3.05, 3.63) is 79.3 Å². The molecular weight excluding hydrogens is 512 g/mol. The number of rotatable bonds is 6. The molecular formula is C26H23ClN6O5. The third-order valence-corrected chi connectivity index (χ3v) is 6.83. The van der Waals surface area contributed by atoms with Gasteiger partial charge >= 0.3 is 5.76 Å². The molecule has 1 aliphatic rings. The molecule has 1 unspecified atom stereocenters. The predicted octanol–water partition coefficient (Wildman–Crippen LogP) is 4.41. The fourth-order valence-electron chi connectivity index (χ4n) is 4.57. The molecule has 12 heteroatoms. The fraction of sp³-hybridized carbons (Fsp3) is 0.269. The molecule has 4 aromatic heterocycles. The first kappa shape index (κ1) is 24.1. The maximum absolute atomic E-state index is 13.5. The maximum Gasteiger partial charge on any atom is 0.439 e. The van der Waals surface area contributed by atoms with Gasteiger partial charge < -0.3 is 14.5 Å². The smallest absolute Gasteiger partial charge is 0.439 e. The monoisotopic (exact) mass is 534 g/mol. The van der Waals surface area contributed by atoms with Gasteiger partial charge in [0.05, 0.1) is 48.1 Å². The number of fused-ring (bicyclic) bond motifs is 1. The highest BCUT2D eigenvalue weighted by Crippen LogP contribution is 2.34.